The second-order valence-electron chi connectivity index (χ2n) is 7.08. The van der Waals surface area contributed by atoms with Crippen molar-refractivity contribution in [3.05, 3.63) is 58.3 Å². The van der Waals surface area contributed by atoms with Crippen LogP contribution in [0.1, 0.15) is 36.1 Å². The standard InChI is InChI=1S/C22H28N2O4S/c25-21(11-4-12-23-22(26)28-17-18-7-2-1-3-8-18)24(15-19-9-5-13-27-19)16-20-10-6-14-29-20/h1-3,6-8,10,14,19H,4-5,9,11-13,15-17H2,(H,23,26). The van der Waals surface area contributed by atoms with Gasteiger partial charge in [-0.25, -0.2) is 4.79 Å². The third-order valence-electron chi connectivity index (χ3n) is 4.78. The molecular formula is C22H28N2O4S. The number of amides is 2. The number of rotatable bonds is 10. The Morgan fingerprint density at radius 3 is 2.79 bits per heavy atom. The molecule has 1 aliphatic heterocycles. The van der Waals surface area contributed by atoms with Crippen LogP contribution in [-0.4, -0.2) is 42.7 Å². The van der Waals surface area contributed by atoms with Crippen LogP contribution >= 0.6 is 11.3 Å². The maximum absolute atomic E-state index is 12.7. The van der Waals surface area contributed by atoms with E-state index < -0.39 is 6.09 Å². The summed E-state index contributed by atoms with van der Waals surface area (Å²) in [4.78, 5) is 27.6. The van der Waals surface area contributed by atoms with Crippen LogP contribution in [0.5, 0.6) is 0 Å². The maximum Gasteiger partial charge on any atom is 0.407 e. The Labute approximate surface area is 175 Å². The van der Waals surface area contributed by atoms with E-state index >= 15 is 0 Å². The quantitative estimate of drug-likeness (QED) is 0.595. The zero-order valence-corrected chi connectivity index (χ0v) is 17.4. The highest BCUT2D eigenvalue weighted by molar-refractivity contribution is 7.09. The molecule has 1 atom stereocenters. The first kappa shape index (κ1) is 21.3. The Balaban J connectivity index is 1.37. The van der Waals surface area contributed by atoms with Gasteiger partial charge in [-0.1, -0.05) is 36.4 Å². The second-order valence-corrected chi connectivity index (χ2v) is 8.11. The fourth-order valence-corrected chi connectivity index (χ4v) is 3.96. The number of carbonyl (C=O) groups excluding carboxylic acids is 2. The van der Waals surface area contributed by atoms with Gasteiger partial charge in [0.25, 0.3) is 0 Å². The molecule has 1 saturated heterocycles. The Morgan fingerprint density at radius 2 is 2.07 bits per heavy atom. The van der Waals surface area contributed by atoms with E-state index in [0.717, 1.165) is 25.0 Å². The van der Waals surface area contributed by atoms with Crippen LogP contribution in [0.4, 0.5) is 4.79 Å². The molecule has 3 rings (SSSR count). The minimum absolute atomic E-state index is 0.0911. The van der Waals surface area contributed by atoms with Crippen LogP contribution < -0.4 is 5.32 Å². The Bertz CT molecular complexity index is 745. The number of thiophene rings is 1. The van der Waals surface area contributed by atoms with Gasteiger partial charge in [0.1, 0.15) is 6.61 Å². The van der Waals surface area contributed by atoms with Gasteiger partial charge in [-0.3, -0.25) is 4.79 Å². The van der Waals surface area contributed by atoms with E-state index in [2.05, 4.69) is 5.32 Å². The summed E-state index contributed by atoms with van der Waals surface area (Å²) in [5.74, 6) is 0.0911. The van der Waals surface area contributed by atoms with Crippen LogP contribution in [0.15, 0.2) is 47.8 Å². The average Bonchev–Trinajstić information content (AvgIpc) is 3.44. The molecule has 2 heterocycles. The molecule has 0 aliphatic carbocycles. The molecule has 1 unspecified atom stereocenters. The van der Waals surface area contributed by atoms with Crippen molar-refractivity contribution < 1.29 is 19.1 Å². The van der Waals surface area contributed by atoms with Gasteiger partial charge in [-0.05, 0) is 36.3 Å². The van der Waals surface area contributed by atoms with E-state index in [4.69, 9.17) is 9.47 Å². The molecule has 1 fully saturated rings. The van der Waals surface area contributed by atoms with Crippen LogP contribution in [0, 0.1) is 0 Å². The van der Waals surface area contributed by atoms with Gasteiger partial charge in [-0.15, -0.1) is 11.3 Å². The van der Waals surface area contributed by atoms with Crippen LogP contribution in [0.25, 0.3) is 0 Å². The van der Waals surface area contributed by atoms with Crippen molar-refractivity contribution in [2.45, 2.75) is 44.9 Å². The van der Waals surface area contributed by atoms with Gasteiger partial charge in [0.15, 0.2) is 0 Å². The van der Waals surface area contributed by atoms with Crippen LogP contribution in [0.2, 0.25) is 0 Å². The van der Waals surface area contributed by atoms with Crippen LogP contribution in [0.3, 0.4) is 0 Å². The lowest BCUT2D eigenvalue weighted by molar-refractivity contribution is -0.133. The molecule has 156 valence electrons. The first-order valence-electron chi connectivity index (χ1n) is 10.1. The third-order valence-corrected chi connectivity index (χ3v) is 5.64. The summed E-state index contributed by atoms with van der Waals surface area (Å²) in [7, 11) is 0. The Hall–Kier alpha value is -2.38. The molecule has 6 nitrogen and oxygen atoms in total. The van der Waals surface area contributed by atoms with E-state index in [1.807, 2.05) is 52.7 Å². The molecule has 2 aromatic rings. The highest BCUT2D eigenvalue weighted by atomic mass is 32.1. The van der Waals surface area contributed by atoms with E-state index in [1.165, 1.54) is 4.88 Å². The lowest BCUT2D eigenvalue weighted by atomic mass is 10.2. The topological polar surface area (TPSA) is 67.9 Å². The molecule has 1 N–H and O–H groups in total. The fourth-order valence-electron chi connectivity index (χ4n) is 3.24. The molecule has 2 amide bonds. The summed E-state index contributed by atoms with van der Waals surface area (Å²) in [5, 5.41) is 4.73. The molecular weight excluding hydrogens is 388 g/mol. The second kappa shape index (κ2) is 11.6. The minimum Gasteiger partial charge on any atom is -0.445 e. The number of hydrogen-bond donors (Lipinski definition) is 1. The molecule has 1 aromatic heterocycles. The largest absolute Gasteiger partial charge is 0.445 e. The number of ether oxygens (including phenoxy) is 2. The molecule has 0 radical (unpaired) electrons. The Kier molecular flexibility index (Phi) is 8.52. The van der Waals surface area contributed by atoms with Gasteiger partial charge in [-0.2, -0.15) is 0 Å². The van der Waals surface area contributed by atoms with Gasteiger partial charge in [0.2, 0.25) is 5.91 Å². The minimum atomic E-state index is -0.462. The number of benzene rings is 1. The zero-order valence-electron chi connectivity index (χ0n) is 16.5. The predicted molar refractivity (Wildman–Crippen MR) is 113 cm³/mol. The van der Waals surface area contributed by atoms with E-state index in [-0.39, 0.29) is 18.6 Å². The summed E-state index contributed by atoms with van der Waals surface area (Å²) in [6, 6.07) is 13.6. The lowest BCUT2D eigenvalue weighted by Crippen LogP contribution is -2.37. The van der Waals surface area contributed by atoms with Crippen molar-refractivity contribution in [1.29, 1.82) is 0 Å². The SMILES string of the molecule is O=C(NCCCC(=O)N(Cc1cccs1)CC1CCCO1)OCc1ccccc1. The lowest BCUT2D eigenvalue weighted by Gasteiger charge is -2.25. The van der Waals surface area contributed by atoms with Crippen molar-refractivity contribution in [3.8, 4) is 0 Å². The molecule has 29 heavy (non-hydrogen) atoms. The van der Waals surface area contributed by atoms with Gasteiger partial charge in [0, 0.05) is 31.0 Å². The van der Waals surface area contributed by atoms with Crippen molar-refractivity contribution in [1.82, 2.24) is 10.2 Å². The molecule has 1 aliphatic rings. The van der Waals surface area contributed by atoms with Crippen molar-refractivity contribution in [2.24, 2.45) is 0 Å². The first-order valence-corrected chi connectivity index (χ1v) is 10.9. The van der Waals surface area contributed by atoms with Gasteiger partial charge in [0.05, 0.1) is 12.6 Å². The number of nitrogens with one attached hydrogen (secondary N) is 1. The summed E-state index contributed by atoms with van der Waals surface area (Å²) in [5.41, 5.74) is 0.941. The molecule has 1 aromatic carbocycles. The number of nitrogens with zero attached hydrogens (tertiary/aromatic N) is 1. The van der Waals surface area contributed by atoms with E-state index in [1.54, 1.807) is 11.3 Å². The summed E-state index contributed by atoms with van der Waals surface area (Å²) in [6.45, 7) is 2.67. The maximum atomic E-state index is 12.7. The Morgan fingerprint density at radius 1 is 1.21 bits per heavy atom. The number of carbonyl (C=O) groups is 2. The van der Waals surface area contributed by atoms with Crippen LogP contribution in [-0.2, 0) is 27.4 Å². The molecule has 0 spiro atoms. The highest BCUT2D eigenvalue weighted by Crippen LogP contribution is 2.18. The monoisotopic (exact) mass is 416 g/mol. The highest BCUT2D eigenvalue weighted by Gasteiger charge is 2.22. The average molecular weight is 417 g/mol. The third kappa shape index (κ3) is 7.51. The van der Waals surface area contributed by atoms with Crippen molar-refractivity contribution in [3.63, 3.8) is 0 Å². The fraction of sp³-hybridized carbons (Fsp3) is 0.455. The zero-order chi connectivity index (χ0) is 20.3. The number of hydrogen-bond acceptors (Lipinski definition) is 5. The number of alkyl carbamates (subject to hydrolysis) is 1. The normalized spacial score (nSPS) is 15.8. The first-order chi connectivity index (χ1) is 14.2. The van der Waals surface area contributed by atoms with E-state index in [9.17, 15) is 9.59 Å². The van der Waals surface area contributed by atoms with E-state index in [0.29, 0.717) is 32.5 Å². The summed E-state index contributed by atoms with van der Waals surface area (Å²) >= 11 is 1.65. The van der Waals surface area contributed by atoms with Crippen molar-refractivity contribution in [2.75, 3.05) is 19.7 Å². The summed E-state index contributed by atoms with van der Waals surface area (Å²) < 4.78 is 10.9. The molecule has 7 heteroatoms. The van der Waals surface area contributed by atoms with Gasteiger partial charge >= 0.3 is 6.09 Å². The van der Waals surface area contributed by atoms with Crippen molar-refractivity contribution >= 4 is 23.3 Å². The smallest absolute Gasteiger partial charge is 0.407 e. The van der Waals surface area contributed by atoms with Gasteiger partial charge < -0.3 is 19.7 Å². The molecule has 0 saturated carbocycles. The predicted octanol–water partition coefficient (Wildman–Crippen LogP) is 3.96. The summed E-state index contributed by atoms with van der Waals surface area (Å²) in [6.07, 6.45) is 2.69. The molecule has 0 bridgehead atoms.